The minimum Gasteiger partial charge on any atom is -0.390 e. The third-order valence-corrected chi connectivity index (χ3v) is 4.15. The van der Waals surface area contributed by atoms with Crippen molar-refractivity contribution in [2.45, 2.75) is 39.5 Å². The molecule has 2 atom stereocenters. The predicted octanol–water partition coefficient (Wildman–Crippen LogP) is 2.68. The van der Waals surface area contributed by atoms with Crippen LogP contribution in [0, 0.1) is 5.41 Å². The van der Waals surface area contributed by atoms with Gasteiger partial charge < -0.3 is 10.4 Å². The maximum Gasteiger partial charge on any atom is 0.0860 e. The summed E-state index contributed by atoms with van der Waals surface area (Å²) in [7, 11) is 0. The Morgan fingerprint density at radius 1 is 1.40 bits per heavy atom. The van der Waals surface area contributed by atoms with Crippen molar-refractivity contribution in [1.29, 1.82) is 0 Å². The molecule has 2 aromatic rings. The zero-order valence-corrected chi connectivity index (χ0v) is 13.1. The minimum absolute atomic E-state index is 0.107. The molecule has 0 aliphatic rings. The fourth-order valence-corrected chi connectivity index (χ4v) is 3.28. The van der Waals surface area contributed by atoms with Gasteiger partial charge in [-0.1, -0.05) is 26.8 Å². The van der Waals surface area contributed by atoms with Crippen LogP contribution in [0.15, 0.2) is 36.0 Å². The van der Waals surface area contributed by atoms with Crippen LogP contribution in [0.25, 0.3) is 0 Å². The van der Waals surface area contributed by atoms with E-state index in [0.29, 0.717) is 13.1 Å². The van der Waals surface area contributed by atoms with Gasteiger partial charge in [0.15, 0.2) is 0 Å². The van der Waals surface area contributed by atoms with Gasteiger partial charge in [0.05, 0.1) is 12.6 Å². The zero-order chi connectivity index (χ0) is 14.6. The van der Waals surface area contributed by atoms with E-state index in [1.165, 1.54) is 4.88 Å². The van der Waals surface area contributed by atoms with Gasteiger partial charge in [-0.05, 0) is 22.9 Å². The number of nitrogens with zero attached hydrogens (tertiary/aromatic N) is 2. The van der Waals surface area contributed by atoms with Crippen molar-refractivity contribution >= 4 is 11.3 Å². The van der Waals surface area contributed by atoms with Crippen LogP contribution < -0.4 is 5.32 Å². The molecule has 0 spiro atoms. The van der Waals surface area contributed by atoms with Crippen LogP contribution in [0.4, 0.5) is 0 Å². The molecule has 0 amide bonds. The normalized spacial score (nSPS) is 15.2. The van der Waals surface area contributed by atoms with Crippen molar-refractivity contribution in [3.05, 3.63) is 40.8 Å². The van der Waals surface area contributed by atoms with Crippen LogP contribution in [0.2, 0.25) is 0 Å². The molecular weight excluding hydrogens is 270 g/mol. The van der Waals surface area contributed by atoms with Crippen molar-refractivity contribution in [3.63, 3.8) is 0 Å². The summed E-state index contributed by atoms with van der Waals surface area (Å²) in [5.41, 5.74) is 0.107. The quantitative estimate of drug-likeness (QED) is 0.861. The summed E-state index contributed by atoms with van der Waals surface area (Å²) in [5.74, 6) is 0. The Kier molecular flexibility index (Phi) is 4.96. The van der Waals surface area contributed by atoms with E-state index in [1.807, 2.05) is 12.3 Å². The highest BCUT2D eigenvalue weighted by Gasteiger charge is 2.27. The molecule has 2 heterocycles. The largest absolute Gasteiger partial charge is 0.390 e. The Bertz CT molecular complexity index is 488. The lowest BCUT2D eigenvalue weighted by Crippen LogP contribution is -2.38. The number of nitrogens with one attached hydrogen (secondary N) is 1. The molecule has 0 radical (unpaired) electrons. The zero-order valence-electron chi connectivity index (χ0n) is 12.3. The number of aliphatic hydroxyl groups excluding tert-OH is 1. The van der Waals surface area contributed by atoms with Crippen molar-refractivity contribution in [3.8, 4) is 0 Å². The summed E-state index contributed by atoms with van der Waals surface area (Å²) in [6, 6.07) is 6.33. The van der Waals surface area contributed by atoms with Gasteiger partial charge in [0.1, 0.15) is 0 Å². The van der Waals surface area contributed by atoms with E-state index in [2.05, 4.69) is 48.7 Å². The molecule has 2 N–H and O–H groups in total. The Hall–Kier alpha value is -1.17. The van der Waals surface area contributed by atoms with Crippen LogP contribution in [0.5, 0.6) is 0 Å². The highest BCUT2D eigenvalue weighted by molar-refractivity contribution is 7.10. The fourth-order valence-electron chi connectivity index (χ4n) is 2.23. The second kappa shape index (κ2) is 6.52. The van der Waals surface area contributed by atoms with Crippen molar-refractivity contribution in [1.82, 2.24) is 15.1 Å². The molecule has 5 heteroatoms. The van der Waals surface area contributed by atoms with Crippen LogP contribution in [0.3, 0.4) is 0 Å². The second-order valence-corrected chi connectivity index (χ2v) is 7.08. The minimum atomic E-state index is -0.445. The van der Waals surface area contributed by atoms with Crippen molar-refractivity contribution in [2.24, 2.45) is 5.41 Å². The Morgan fingerprint density at radius 2 is 2.20 bits per heavy atom. The van der Waals surface area contributed by atoms with Crippen LogP contribution in [0.1, 0.15) is 31.7 Å². The molecule has 20 heavy (non-hydrogen) atoms. The molecule has 0 saturated carbocycles. The molecule has 4 nitrogen and oxygen atoms in total. The molecule has 0 saturated heterocycles. The number of hydrogen-bond donors (Lipinski definition) is 2. The molecular formula is C15H23N3OS. The van der Waals surface area contributed by atoms with Crippen molar-refractivity contribution < 1.29 is 5.11 Å². The summed E-state index contributed by atoms with van der Waals surface area (Å²) < 4.78 is 1.75. The molecule has 0 aliphatic carbocycles. The summed E-state index contributed by atoms with van der Waals surface area (Å²) in [6.45, 7) is 7.71. The van der Waals surface area contributed by atoms with Gasteiger partial charge in [-0.2, -0.15) is 5.10 Å². The predicted molar refractivity (Wildman–Crippen MR) is 82.8 cm³/mol. The van der Waals surface area contributed by atoms with Gasteiger partial charge in [0, 0.05) is 29.9 Å². The lowest BCUT2D eigenvalue weighted by molar-refractivity contribution is 0.132. The molecule has 0 aromatic carbocycles. The molecule has 2 aromatic heterocycles. The lowest BCUT2D eigenvalue weighted by atomic mass is 9.85. The maximum atomic E-state index is 10.1. The number of rotatable bonds is 6. The molecule has 2 rings (SSSR count). The summed E-state index contributed by atoms with van der Waals surface area (Å²) in [5, 5.41) is 19.8. The van der Waals surface area contributed by atoms with E-state index in [1.54, 1.807) is 22.2 Å². The standard InChI is InChI=1S/C15H23N3OS/c1-15(2,3)14(13-6-4-9-20-13)16-10-12(19)11-18-8-5-7-17-18/h4-9,12,14,16,19H,10-11H2,1-3H3/t12-,14+/m1/s1. The summed E-state index contributed by atoms with van der Waals surface area (Å²) in [4.78, 5) is 1.31. The first-order valence-electron chi connectivity index (χ1n) is 6.89. The number of thiophene rings is 1. The Balaban J connectivity index is 1.92. The van der Waals surface area contributed by atoms with E-state index < -0.39 is 6.10 Å². The topological polar surface area (TPSA) is 50.1 Å². The van der Waals surface area contributed by atoms with E-state index in [0.717, 1.165) is 0 Å². The lowest BCUT2D eigenvalue weighted by Gasteiger charge is -2.31. The number of aromatic nitrogens is 2. The molecule has 0 bridgehead atoms. The average molecular weight is 293 g/mol. The van der Waals surface area contributed by atoms with Crippen LogP contribution in [-0.2, 0) is 6.54 Å². The van der Waals surface area contributed by atoms with Gasteiger partial charge in [0.25, 0.3) is 0 Å². The maximum absolute atomic E-state index is 10.1. The first-order chi connectivity index (χ1) is 9.47. The second-order valence-electron chi connectivity index (χ2n) is 6.10. The van der Waals surface area contributed by atoms with E-state index in [-0.39, 0.29) is 11.5 Å². The fraction of sp³-hybridized carbons (Fsp3) is 0.533. The van der Waals surface area contributed by atoms with Gasteiger partial charge in [0.2, 0.25) is 0 Å². The summed E-state index contributed by atoms with van der Waals surface area (Å²) in [6.07, 6.45) is 3.15. The molecule has 0 unspecified atom stereocenters. The van der Waals surface area contributed by atoms with Crippen LogP contribution in [-0.4, -0.2) is 27.5 Å². The van der Waals surface area contributed by atoms with E-state index in [4.69, 9.17) is 0 Å². The van der Waals surface area contributed by atoms with Crippen molar-refractivity contribution in [2.75, 3.05) is 6.54 Å². The SMILES string of the molecule is CC(C)(C)[C@@H](NC[C@@H](O)Cn1cccn1)c1cccs1. The highest BCUT2D eigenvalue weighted by Crippen LogP contribution is 2.34. The molecule has 0 fully saturated rings. The Labute approximate surface area is 124 Å². The molecule has 110 valence electrons. The van der Waals surface area contributed by atoms with Gasteiger partial charge in [-0.15, -0.1) is 11.3 Å². The highest BCUT2D eigenvalue weighted by atomic mass is 32.1. The first-order valence-corrected chi connectivity index (χ1v) is 7.77. The smallest absolute Gasteiger partial charge is 0.0860 e. The van der Waals surface area contributed by atoms with Gasteiger partial charge in [-0.25, -0.2) is 0 Å². The number of hydrogen-bond acceptors (Lipinski definition) is 4. The monoisotopic (exact) mass is 293 g/mol. The Morgan fingerprint density at radius 3 is 2.75 bits per heavy atom. The third kappa shape index (κ3) is 4.16. The molecule has 0 aliphatic heterocycles. The van der Waals surface area contributed by atoms with E-state index in [9.17, 15) is 5.11 Å². The van der Waals surface area contributed by atoms with Gasteiger partial charge >= 0.3 is 0 Å². The third-order valence-electron chi connectivity index (χ3n) is 3.21. The van der Waals surface area contributed by atoms with E-state index >= 15 is 0 Å². The number of aliphatic hydroxyl groups is 1. The van der Waals surface area contributed by atoms with Crippen LogP contribution >= 0.6 is 11.3 Å². The first kappa shape index (κ1) is 15.2. The summed E-state index contributed by atoms with van der Waals surface area (Å²) >= 11 is 1.75. The average Bonchev–Trinajstić information content (AvgIpc) is 3.00. The van der Waals surface area contributed by atoms with Gasteiger partial charge in [-0.3, -0.25) is 4.68 Å².